The molecule has 0 fully saturated rings. The van der Waals surface area contributed by atoms with Crippen LogP contribution < -0.4 is 26.0 Å². The van der Waals surface area contributed by atoms with Crippen LogP contribution in [-0.2, 0) is 40.1 Å². The van der Waals surface area contributed by atoms with E-state index in [1.54, 1.807) is 54.7 Å². The molecule has 0 saturated carbocycles. The van der Waals surface area contributed by atoms with Gasteiger partial charge < -0.3 is 30.6 Å². The minimum Gasteiger partial charge on any atom is -0.495 e. The average Bonchev–Trinajstić information content (AvgIpc) is 3.62. The number of rotatable bonds is 17. The van der Waals surface area contributed by atoms with E-state index >= 15 is 0 Å². The highest BCUT2D eigenvalue weighted by atomic mass is 32.2. The third kappa shape index (κ3) is 13.6. The number of esters is 1. The van der Waals surface area contributed by atoms with E-state index in [0.29, 0.717) is 35.4 Å². The number of carbonyl (C=O) groups excluding carboxylic acids is 4. The number of benzene rings is 3. The zero-order valence-corrected chi connectivity index (χ0v) is 35.0. The van der Waals surface area contributed by atoms with Crippen molar-refractivity contribution in [3.8, 4) is 16.9 Å². The Hall–Kier alpha value is -6.40. The average molecular weight is 848 g/mol. The number of anilines is 3. The highest BCUT2D eigenvalue weighted by Crippen LogP contribution is 2.36. The van der Waals surface area contributed by atoms with E-state index < -0.39 is 34.7 Å². The highest BCUT2D eigenvalue weighted by molar-refractivity contribution is 7.90. The van der Waals surface area contributed by atoms with Gasteiger partial charge in [-0.15, -0.1) is 5.10 Å². The van der Waals surface area contributed by atoms with Gasteiger partial charge in [-0.25, -0.2) is 27.0 Å². The number of methoxy groups -OCH3 is 1. The fourth-order valence-electron chi connectivity index (χ4n) is 5.55. The number of nitrogens with one attached hydrogen (secondary N) is 2. The van der Waals surface area contributed by atoms with Crippen LogP contribution in [-0.4, -0.2) is 79.6 Å². The molecule has 1 unspecified atom stereocenters. The van der Waals surface area contributed by atoms with E-state index in [0.717, 1.165) is 29.6 Å². The van der Waals surface area contributed by atoms with Crippen LogP contribution in [0.2, 0.25) is 0 Å². The lowest BCUT2D eigenvalue weighted by Gasteiger charge is -2.23. The molecule has 0 aliphatic heterocycles. The van der Waals surface area contributed by atoms with Gasteiger partial charge in [0.25, 0.3) is 5.95 Å². The van der Waals surface area contributed by atoms with Crippen molar-refractivity contribution in [2.75, 3.05) is 36.7 Å². The number of nitrogens with zero attached hydrogens (tertiary/aromatic N) is 4. The Balaban J connectivity index is 0.00000257. The molecule has 60 heavy (non-hydrogen) atoms. The van der Waals surface area contributed by atoms with Gasteiger partial charge in [0.15, 0.2) is 15.5 Å². The van der Waals surface area contributed by atoms with Crippen LogP contribution in [0, 0.1) is 5.82 Å². The lowest BCUT2D eigenvalue weighted by molar-refractivity contribution is -0.164. The van der Waals surface area contributed by atoms with Gasteiger partial charge in [-0.1, -0.05) is 51.0 Å². The van der Waals surface area contributed by atoms with Gasteiger partial charge in [0.2, 0.25) is 18.1 Å². The number of halogens is 1. The summed E-state index contributed by atoms with van der Waals surface area (Å²) >= 11 is 0. The fraction of sp³-hybridized carbons (Fsp3) is 0.333. The van der Waals surface area contributed by atoms with Crippen molar-refractivity contribution in [2.24, 2.45) is 5.73 Å². The number of pyridine rings is 1. The van der Waals surface area contributed by atoms with Crippen LogP contribution in [0.15, 0.2) is 90.0 Å². The molecular formula is C42H50FN7O9S. The van der Waals surface area contributed by atoms with Crippen molar-refractivity contribution >= 4 is 56.7 Å². The Labute approximate surface area is 348 Å². The Bertz CT molecular complexity index is 2360. The van der Waals surface area contributed by atoms with Crippen molar-refractivity contribution in [3.05, 3.63) is 96.4 Å². The van der Waals surface area contributed by atoms with Gasteiger partial charge in [-0.2, -0.15) is 4.98 Å². The lowest BCUT2D eigenvalue weighted by atomic mass is 10.1. The lowest BCUT2D eigenvalue weighted by Crippen LogP contribution is -2.35. The second-order valence-electron chi connectivity index (χ2n) is 13.5. The van der Waals surface area contributed by atoms with Crippen molar-refractivity contribution in [1.82, 2.24) is 19.9 Å². The number of ether oxygens (including phenoxy) is 3. The molecule has 3 amide bonds. The molecular weight excluding hydrogens is 798 g/mol. The number of carbonyl (C=O) groups is 4. The first-order valence-electron chi connectivity index (χ1n) is 19.2. The topological polar surface area (TPSA) is 214 Å². The van der Waals surface area contributed by atoms with Gasteiger partial charge in [0, 0.05) is 43.1 Å². The Morgan fingerprint density at radius 2 is 1.58 bits per heavy atom. The molecule has 0 spiro atoms. The Morgan fingerprint density at radius 3 is 2.23 bits per heavy atom. The van der Waals surface area contributed by atoms with Gasteiger partial charge in [-0.3, -0.25) is 14.4 Å². The molecule has 2 heterocycles. The fourth-order valence-corrected chi connectivity index (χ4v) is 6.18. The van der Waals surface area contributed by atoms with Crippen LogP contribution in [0.3, 0.4) is 0 Å². The van der Waals surface area contributed by atoms with E-state index in [9.17, 15) is 32.0 Å². The predicted molar refractivity (Wildman–Crippen MR) is 224 cm³/mol. The van der Waals surface area contributed by atoms with Gasteiger partial charge in [-0.05, 0) is 79.0 Å². The third-order valence-corrected chi connectivity index (χ3v) is 9.51. The standard InChI is InChI=1S/C39H42FN7O9S.C3H8/c1-25(55-37(50)23-42-35(48)7-5-4-6-20-41)56-39(51)47(32-18-17-31(57(3,52)53)22-33(32)54-2)38-44-34-19-12-28(24-46(34)45-38)27-10-15-30(16-11-27)43-36(49)21-26-8-13-29(40)14-9-26;1-3-2/h8-19,22,24-25H,4-7,20-21,23,41H2,1-3H3,(H,42,48)(H,43,49);3H2,1-2H3. The van der Waals surface area contributed by atoms with Crippen LogP contribution in [0.25, 0.3) is 16.8 Å². The van der Waals surface area contributed by atoms with E-state index in [2.05, 4.69) is 34.6 Å². The molecule has 1 atom stereocenters. The quantitative estimate of drug-likeness (QED) is 0.0531. The number of sulfone groups is 1. The summed E-state index contributed by atoms with van der Waals surface area (Å²) in [5.74, 6) is -2.07. The molecule has 0 aliphatic carbocycles. The summed E-state index contributed by atoms with van der Waals surface area (Å²) in [6, 6.07) is 20.0. The molecule has 5 rings (SSSR count). The zero-order chi connectivity index (χ0) is 43.8. The monoisotopic (exact) mass is 847 g/mol. The van der Waals surface area contributed by atoms with Gasteiger partial charge in [0.1, 0.15) is 18.1 Å². The van der Waals surface area contributed by atoms with Gasteiger partial charge >= 0.3 is 12.1 Å². The largest absolute Gasteiger partial charge is 0.495 e. The number of unbranched alkanes of at least 4 members (excludes halogenated alkanes) is 2. The molecule has 2 aromatic heterocycles. The summed E-state index contributed by atoms with van der Waals surface area (Å²) in [5.41, 5.74) is 8.50. The minimum absolute atomic E-state index is 0.0171. The van der Waals surface area contributed by atoms with Crippen molar-refractivity contribution < 1.29 is 46.2 Å². The van der Waals surface area contributed by atoms with E-state index in [1.807, 2.05) is 0 Å². The maximum Gasteiger partial charge on any atom is 0.424 e. The molecule has 3 aromatic carbocycles. The number of aromatic nitrogens is 3. The van der Waals surface area contributed by atoms with Gasteiger partial charge in [0.05, 0.1) is 24.1 Å². The van der Waals surface area contributed by atoms with Crippen molar-refractivity contribution in [3.63, 3.8) is 0 Å². The Kier molecular flexibility index (Phi) is 17.1. The SMILES string of the molecule is CCC.COc1cc(S(C)(=O)=O)ccc1N(C(=O)OC(C)OC(=O)CNC(=O)CCCCCN)c1nc2ccc(-c3ccc(NC(=O)Cc4ccc(F)cc4)cc3)cn2n1. The van der Waals surface area contributed by atoms with E-state index in [-0.39, 0.29) is 52.8 Å². The number of nitrogens with two attached hydrogens (primary N) is 1. The molecule has 0 aliphatic rings. The predicted octanol–water partition coefficient (Wildman–Crippen LogP) is 6.34. The number of hydrogen-bond donors (Lipinski definition) is 3. The van der Waals surface area contributed by atoms with E-state index in [1.165, 1.54) is 55.3 Å². The molecule has 5 aromatic rings. The maximum atomic E-state index is 13.8. The van der Waals surface area contributed by atoms with Crippen LogP contribution in [0.1, 0.15) is 58.4 Å². The highest BCUT2D eigenvalue weighted by Gasteiger charge is 2.30. The van der Waals surface area contributed by atoms with Crippen LogP contribution in [0.5, 0.6) is 5.75 Å². The van der Waals surface area contributed by atoms with Crippen molar-refractivity contribution in [2.45, 2.75) is 70.5 Å². The molecule has 0 saturated heterocycles. The molecule has 16 nitrogen and oxygen atoms in total. The molecule has 320 valence electrons. The van der Waals surface area contributed by atoms with Crippen molar-refractivity contribution in [1.29, 1.82) is 0 Å². The Morgan fingerprint density at radius 1 is 0.900 bits per heavy atom. The first kappa shape index (κ1) is 46.3. The summed E-state index contributed by atoms with van der Waals surface area (Å²) in [7, 11) is -2.38. The molecule has 18 heteroatoms. The molecule has 0 bridgehead atoms. The third-order valence-electron chi connectivity index (χ3n) is 8.40. The second kappa shape index (κ2) is 22.1. The zero-order valence-electron chi connectivity index (χ0n) is 34.1. The summed E-state index contributed by atoms with van der Waals surface area (Å²) in [6.07, 6.45) is 3.88. The first-order valence-corrected chi connectivity index (χ1v) is 21.1. The number of fused-ring (bicyclic) bond motifs is 1. The summed E-state index contributed by atoms with van der Waals surface area (Å²) in [6.45, 7) is 5.63. The number of hydrogen-bond acceptors (Lipinski definition) is 12. The minimum atomic E-state index is -3.66. The second-order valence-corrected chi connectivity index (χ2v) is 15.5. The normalized spacial score (nSPS) is 11.4. The molecule has 0 radical (unpaired) electrons. The number of amides is 3. The smallest absolute Gasteiger partial charge is 0.424 e. The summed E-state index contributed by atoms with van der Waals surface area (Å²) < 4.78 is 55.4. The van der Waals surface area contributed by atoms with Crippen LogP contribution in [0.4, 0.5) is 26.5 Å². The molecule has 4 N–H and O–H groups in total. The van der Waals surface area contributed by atoms with E-state index in [4.69, 9.17) is 19.9 Å². The summed E-state index contributed by atoms with van der Waals surface area (Å²) in [4.78, 5) is 56.3. The van der Waals surface area contributed by atoms with Crippen LogP contribution >= 0.6 is 0 Å². The maximum absolute atomic E-state index is 13.8. The summed E-state index contributed by atoms with van der Waals surface area (Å²) in [5, 5.41) is 9.80. The first-order chi connectivity index (χ1) is 28.6.